The average Bonchev–Trinajstić information content (AvgIpc) is 2.80. The van der Waals surface area contributed by atoms with Gasteiger partial charge in [-0.25, -0.2) is 0 Å². The van der Waals surface area contributed by atoms with Crippen molar-refractivity contribution in [1.82, 2.24) is 0 Å². The van der Waals surface area contributed by atoms with Crippen LogP contribution in [0.4, 0.5) is 0 Å². The van der Waals surface area contributed by atoms with Gasteiger partial charge in [-0.05, 0) is 6.42 Å². The van der Waals surface area contributed by atoms with Crippen LogP contribution in [0, 0.1) is 0 Å². The molecule has 2 saturated heterocycles. The van der Waals surface area contributed by atoms with E-state index >= 15 is 0 Å². The molecular weight excluding hydrogens is 450 g/mol. The first kappa shape index (κ1) is 28.6. The number of aliphatic hydroxyl groups is 8. The van der Waals surface area contributed by atoms with Gasteiger partial charge in [0.05, 0.1) is 50.2 Å². The largest absolute Gasteiger partial charge is 0.396 e. The number of ether oxygens (including phenoxy) is 4. The molecule has 13 atom stereocenters. The maximum Gasteiger partial charge on any atom is 0.176 e. The van der Waals surface area contributed by atoms with Crippen molar-refractivity contribution in [3.05, 3.63) is 0 Å². The van der Waals surface area contributed by atoms with Gasteiger partial charge in [-0.3, -0.25) is 0 Å². The Hall–Kier alpha value is -0.600. The van der Waals surface area contributed by atoms with Crippen molar-refractivity contribution in [3.63, 3.8) is 0 Å². The predicted molar refractivity (Wildman–Crippen MR) is 108 cm³/mol. The fraction of sp³-hybridized carbons (Fsp3) is 1.00. The third kappa shape index (κ3) is 6.75. The van der Waals surface area contributed by atoms with E-state index < -0.39 is 92.8 Å². The van der Waals surface area contributed by atoms with Crippen LogP contribution < -0.4 is 17.2 Å². The zero-order valence-electron chi connectivity index (χ0n) is 18.0. The third-order valence-electron chi connectivity index (χ3n) is 5.85. The molecule has 2 heterocycles. The second-order valence-corrected chi connectivity index (χ2v) is 8.24. The molecule has 0 amide bonds. The summed E-state index contributed by atoms with van der Waals surface area (Å²) in [7, 11) is 0. The van der Waals surface area contributed by atoms with Gasteiger partial charge in [-0.1, -0.05) is 0 Å². The standard InChI is InChI=1S/C18H37N3O12/c19-6(12(26)7(25)1-2-22)5-30-15-8(3-23)32-18(11(21)14(15)28)33-16-9(4-24)31-17(29)10(20)13(16)27/h6-18,22-29H,1-5,19-21H2/t6-,7+,8+,9+,10+,11+,12+,13+,14+,15?,16?,17+,18-/m0/s1. The molecule has 0 aromatic heterocycles. The highest BCUT2D eigenvalue weighted by Gasteiger charge is 2.50. The van der Waals surface area contributed by atoms with Crippen LogP contribution in [-0.2, 0) is 18.9 Å². The number of rotatable bonds is 11. The Morgan fingerprint density at radius 3 is 2.00 bits per heavy atom. The van der Waals surface area contributed by atoms with Crippen molar-refractivity contribution in [2.45, 2.75) is 86.0 Å². The Bertz CT molecular complexity index is 576. The van der Waals surface area contributed by atoms with Gasteiger partial charge in [0.1, 0.15) is 36.6 Å². The lowest BCUT2D eigenvalue weighted by molar-refractivity contribution is -0.327. The van der Waals surface area contributed by atoms with Crippen LogP contribution >= 0.6 is 0 Å². The van der Waals surface area contributed by atoms with E-state index in [9.17, 15) is 35.7 Å². The van der Waals surface area contributed by atoms with E-state index in [1.807, 2.05) is 0 Å². The number of aliphatic hydroxyl groups excluding tert-OH is 8. The van der Waals surface area contributed by atoms with Gasteiger partial charge in [0.25, 0.3) is 0 Å². The molecule has 33 heavy (non-hydrogen) atoms. The lowest BCUT2D eigenvalue weighted by Crippen LogP contribution is -2.67. The fourth-order valence-electron chi connectivity index (χ4n) is 3.75. The zero-order valence-corrected chi connectivity index (χ0v) is 18.0. The molecule has 0 aliphatic carbocycles. The molecule has 0 saturated carbocycles. The van der Waals surface area contributed by atoms with Crippen LogP contribution in [0.3, 0.4) is 0 Å². The molecule has 0 radical (unpaired) electrons. The highest BCUT2D eigenvalue weighted by Crippen LogP contribution is 2.28. The van der Waals surface area contributed by atoms with Crippen molar-refractivity contribution >= 4 is 0 Å². The normalized spacial score (nSPS) is 42.6. The first-order valence-electron chi connectivity index (χ1n) is 10.6. The highest BCUT2D eigenvalue weighted by atomic mass is 16.7. The molecule has 0 aromatic carbocycles. The van der Waals surface area contributed by atoms with E-state index in [4.69, 9.17) is 41.3 Å². The Labute approximate surface area is 190 Å². The van der Waals surface area contributed by atoms with Gasteiger partial charge in [0.2, 0.25) is 0 Å². The highest BCUT2D eigenvalue weighted by molar-refractivity contribution is 4.97. The van der Waals surface area contributed by atoms with Gasteiger partial charge < -0.3 is 77.0 Å². The van der Waals surface area contributed by atoms with Crippen molar-refractivity contribution in [2.24, 2.45) is 17.2 Å². The topological polar surface area (TPSA) is 277 Å². The van der Waals surface area contributed by atoms with Crippen LogP contribution in [0.15, 0.2) is 0 Å². The molecule has 14 N–H and O–H groups in total. The molecule has 0 bridgehead atoms. The minimum Gasteiger partial charge on any atom is -0.396 e. The van der Waals surface area contributed by atoms with E-state index in [0.717, 1.165) is 0 Å². The van der Waals surface area contributed by atoms with E-state index in [1.54, 1.807) is 0 Å². The summed E-state index contributed by atoms with van der Waals surface area (Å²) in [5.41, 5.74) is 17.5. The molecule has 2 aliphatic heterocycles. The van der Waals surface area contributed by atoms with Gasteiger partial charge in [-0.2, -0.15) is 0 Å². The predicted octanol–water partition coefficient (Wildman–Crippen LogP) is -7.01. The molecule has 2 aliphatic rings. The summed E-state index contributed by atoms with van der Waals surface area (Å²) in [4.78, 5) is 0. The van der Waals surface area contributed by atoms with E-state index in [0.29, 0.717) is 0 Å². The summed E-state index contributed by atoms with van der Waals surface area (Å²) >= 11 is 0. The molecular formula is C18H37N3O12. The first-order chi connectivity index (χ1) is 15.6. The zero-order chi connectivity index (χ0) is 24.9. The number of hydrogen-bond donors (Lipinski definition) is 11. The van der Waals surface area contributed by atoms with Crippen LogP contribution in [0.2, 0.25) is 0 Å². The van der Waals surface area contributed by atoms with Crippen LogP contribution in [-0.4, -0.2) is 147 Å². The summed E-state index contributed by atoms with van der Waals surface area (Å²) in [5, 5.41) is 78.5. The quantitative estimate of drug-likeness (QED) is 0.129. The summed E-state index contributed by atoms with van der Waals surface area (Å²) in [6, 6.07) is -3.59. The van der Waals surface area contributed by atoms with Gasteiger partial charge >= 0.3 is 0 Å². The van der Waals surface area contributed by atoms with Gasteiger partial charge in [0, 0.05) is 6.61 Å². The smallest absolute Gasteiger partial charge is 0.176 e. The SMILES string of the molecule is N[C@H]1[C@H](OC2[C@@H](CO)O[C@@H](O)[C@H](N)[C@H]2O)O[C@H](CO)C(OC[C@H](N)[C@@H](O)[C@H](O)CCO)[C@@H]1O. The lowest BCUT2D eigenvalue weighted by Gasteiger charge is -2.46. The third-order valence-corrected chi connectivity index (χ3v) is 5.85. The van der Waals surface area contributed by atoms with Gasteiger partial charge in [0.15, 0.2) is 12.6 Å². The monoisotopic (exact) mass is 487 g/mol. The minimum atomic E-state index is -1.54. The van der Waals surface area contributed by atoms with Crippen molar-refractivity contribution < 1.29 is 59.8 Å². The van der Waals surface area contributed by atoms with Crippen LogP contribution in [0.5, 0.6) is 0 Å². The Morgan fingerprint density at radius 1 is 0.848 bits per heavy atom. The Kier molecular flexibility index (Phi) is 11.2. The summed E-state index contributed by atoms with van der Waals surface area (Å²) < 4.78 is 21.9. The van der Waals surface area contributed by atoms with Crippen LogP contribution in [0.25, 0.3) is 0 Å². The maximum atomic E-state index is 10.7. The second kappa shape index (κ2) is 12.9. The first-order valence-corrected chi connectivity index (χ1v) is 10.6. The Morgan fingerprint density at radius 2 is 1.42 bits per heavy atom. The molecule has 2 fully saturated rings. The van der Waals surface area contributed by atoms with E-state index in [1.165, 1.54) is 0 Å². The average molecular weight is 488 g/mol. The van der Waals surface area contributed by atoms with Gasteiger partial charge in [-0.15, -0.1) is 0 Å². The molecule has 2 unspecified atom stereocenters. The van der Waals surface area contributed by atoms with Crippen molar-refractivity contribution in [2.75, 3.05) is 26.4 Å². The van der Waals surface area contributed by atoms with Crippen molar-refractivity contribution in [3.8, 4) is 0 Å². The Balaban J connectivity index is 2.03. The van der Waals surface area contributed by atoms with Crippen molar-refractivity contribution in [1.29, 1.82) is 0 Å². The number of hydrogen-bond acceptors (Lipinski definition) is 15. The molecule has 15 heteroatoms. The summed E-state index contributed by atoms with van der Waals surface area (Å²) in [5.74, 6) is 0. The lowest BCUT2D eigenvalue weighted by atomic mass is 9.95. The molecule has 196 valence electrons. The summed E-state index contributed by atoms with van der Waals surface area (Å²) in [6.07, 6.45) is -13.5. The van der Waals surface area contributed by atoms with E-state index in [-0.39, 0.29) is 19.6 Å². The molecule has 0 aromatic rings. The number of nitrogens with two attached hydrogens (primary N) is 3. The van der Waals surface area contributed by atoms with Crippen LogP contribution in [0.1, 0.15) is 6.42 Å². The fourth-order valence-corrected chi connectivity index (χ4v) is 3.75. The molecule has 0 spiro atoms. The second-order valence-electron chi connectivity index (χ2n) is 8.24. The minimum absolute atomic E-state index is 0.0978. The molecule has 2 rings (SSSR count). The molecule has 15 nitrogen and oxygen atoms in total. The summed E-state index contributed by atoms with van der Waals surface area (Å²) in [6.45, 7) is -1.97. The maximum absolute atomic E-state index is 10.7. The van der Waals surface area contributed by atoms with E-state index in [2.05, 4.69) is 0 Å².